The first-order chi connectivity index (χ1) is 19.0. The van der Waals surface area contributed by atoms with Gasteiger partial charge in [-0.3, -0.25) is 9.59 Å². The van der Waals surface area contributed by atoms with Gasteiger partial charge in [0.25, 0.3) is 0 Å². The molecule has 2 aliphatic rings. The fraction of sp³-hybridized carbons (Fsp3) is 0.444. The van der Waals surface area contributed by atoms with E-state index >= 15 is 0 Å². The van der Waals surface area contributed by atoms with Gasteiger partial charge in [0, 0.05) is 20.0 Å². The number of fused-ring (bicyclic) bond motifs is 1. The van der Waals surface area contributed by atoms with E-state index in [1.165, 1.54) is 43.7 Å². The smallest absolute Gasteiger partial charge is 0.308 e. The highest BCUT2D eigenvalue weighted by Gasteiger charge is 2.40. The van der Waals surface area contributed by atoms with Crippen molar-refractivity contribution in [3.63, 3.8) is 0 Å². The van der Waals surface area contributed by atoms with E-state index in [-0.39, 0.29) is 47.2 Å². The summed E-state index contributed by atoms with van der Waals surface area (Å²) in [6.07, 6.45) is -7.58. The van der Waals surface area contributed by atoms with Gasteiger partial charge in [0.05, 0.1) is 36.9 Å². The number of rotatable bonds is 9. The monoisotopic (exact) mass is 562 g/mol. The van der Waals surface area contributed by atoms with Crippen LogP contribution in [-0.2, 0) is 23.7 Å². The van der Waals surface area contributed by atoms with Crippen LogP contribution in [0.1, 0.15) is 19.3 Å². The largest absolute Gasteiger partial charge is 0.508 e. The van der Waals surface area contributed by atoms with Gasteiger partial charge in [0.1, 0.15) is 40.6 Å². The molecule has 1 saturated heterocycles. The quantitative estimate of drug-likeness (QED) is 0.205. The number of phenols is 1. The lowest BCUT2D eigenvalue weighted by molar-refractivity contribution is -0.252. The van der Waals surface area contributed by atoms with Crippen LogP contribution in [0.15, 0.2) is 45.5 Å². The van der Waals surface area contributed by atoms with Gasteiger partial charge in [-0.05, 0) is 23.8 Å². The first-order valence-electron chi connectivity index (χ1n) is 12.4. The molecule has 2 heterocycles. The molecule has 13 heteroatoms. The van der Waals surface area contributed by atoms with Crippen molar-refractivity contribution in [2.45, 2.75) is 62.4 Å². The van der Waals surface area contributed by atoms with Gasteiger partial charge < -0.3 is 54.0 Å². The van der Waals surface area contributed by atoms with Gasteiger partial charge in [0.2, 0.25) is 5.43 Å². The topological polar surface area (TPSA) is 206 Å². The molecule has 2 aromatic rings. The molecule has 1 aromatic carbocycles. The van der Waals surface area contributed by atoms with E-state index < -0.39 is 60.9 Å². The van der Waals surface area contributed by atoms with Crippen molar-refractivity contribution < 1.29 is 58.8 Å². The normalized spacial score (nSPS) is 27.2. The van der Waals surface area contributed by atoms with E-state index in [1.54, 1.807) is 0 Å². The van der Waals surface area contributed by atoms with Gasteiger partial charge in [0.15, 0.2) is 12.6 Å². The highest BCUT2D eigenvalue weighted by atomic mass is 16.7. The molecule has 6 N–H and O–H groups in total. The third-order valence-electron chi connectivity index (χ3n) is 6.45. The Morgan fingerprint density at radius 1 is 1.15 bits per heavy atom. The lowest BCUT2D eigenvalue weighted by Gasteiger charge is -2.29. The molecule has 40 heavy (non-hydrogen) atoms. The summed E-state index contributed by atoms with van der Waals surface area (Å²) in [5.74, 6) is -1.50. The number of hydrogen-bond acceptors (Lipinski definition) is 12. The molecule has 0 spiro atoms. The van der Waals surface area contributed by atoms with E-state index in [4.69, 9.17) is 28.5 Å². The number of aliphatic hydroxyl groups is 4. The van der Waals surface area contributed by atoms with Crippen molar-refractivity contribution in [1.29, 1.82) is 0 Å². The van der Waals surface area contributed by atoms with Crippen LogP contribution >= 0.6 is 0 Å². The summed E-state index contributed by atoms with van der Waals surface area (Å²) in [4.78, 5) is 24.1. The lowest BCUT2D eigenvalue weighted by atomic mass is 10.0. The Bertz CT molecular complexity index is 1410. The van der Waals surface area contributed by atoms with Crippen LogP contribution in [0.5, 0.6) is 5.75 Å². The number of methoxy groups -OCH3 is 1. The highest BCUT2D eigenvalue weighted by molar-refractivity contribution is 5.67. The van der Waals surface area contributed by atoms with Crippen LogP contribution in [0.25, 0.3) is 22.9 Å². The molecule has 13 nitrogen and oxygen atoms in total. The summed E-state index contributed by atoms with van der Waals surface area (Å²) in [7, 11) is 1.25. The predicted molar refractivity (Wildman–Crippen MR) is 135 cm³/mol. The summed E-state index contributed by atoms with van der Waals surface area (Å²) in [5.41, 5.74) is 2.80. The molecule has 216 valence electrons. The Morgan fingerprint density at radius 3 is 2.55 bits per heavy atom. The van der Waals surface area contributed by atoms with Crippen molar-refractivity contribution in [3.05, 3.63) is 57.1 Å². The van der Waals surface area contributed by atoms with Crippen LogP contribution in [0.3, 0.4) is 0 Å². The van der Waals surface area contributed by atoms with Gasteiger partial charge in [-0.2, -0.15) is 0 Å². The second-order valence-electron chi connectivity index (χ2n) is 9.38. The van der Waals surface area contributed by atoms with E-state index in [0.29, 0.717) is 5.56 Å². The number of ether oxygens (including phenoxy) is 4. The van der Waals surface area contributed by atoms with Gasteiger partial charge >= 0.3 is 5.97 Å². The van der Waals surface area contributed by atoms with E-state index in [0.717, 1.165) is 0 Å². The maximum Gasteiger partial charge on any atom is 0.308 e. The Morgan fingerprint density at radius 2 is 1.88 bits per heavy atom. The first-order valence-corrected chi connectivity index (χ1v) is 12.4. The SMILES string of the molecule is COC(CC(=O)O)OCC1O[C@@H](OC2C=c3occ(-c4ccc(O)cc4)c(=O)c3=C=C(O)C2)C(O)C(O)CC1O. The number of carbonyl (C=O) groups is 1. The Balaban J connectivity index is 1.58. The predicted octanol–water partition coefficient (Wildman–Crippen LogP) is -0.935. The molecule has 0 radical (unpaired) electrons. The van der Waals surface area contributed by atoms with E-state index in [2.05, 4.69) is 5.73 Å². The third-order valence-corrected chi connectivity index (χ3v) is 6.45. The minimum atomic E-state index is -1.62. The number of hydrogen-bond donors (Lipinski definition) is 6. The Labute approximate surface area is 227 Å². The fourth-order valence-corrected chi connectivity index (χ4v) is 4.32. The summed E-state index contributed by atoms with van der Waals surface area (Å²) < 4.78 is 27.6. The molecule has 4 rings (SSSR count). The summed E-state index contributed by atoms with van der Waals surface area (Å²) in [6.45, 7) is -0.350. The molecular formula is C27H30O13. The Kier molecular flexibility index (Phi) is 9.40. The zero-order valence-electron chi connectivity index (χ0n) is 21.4. The maximum absolute atomic E-state index is 13.2. The number of aliphatic hydroxyl groups excluding tert-OH is 4. The van der Waals surface area contributed by atoms with Crippen molar-refractivity contribution >= 4 is 17.8 Å². The summed E-state index contributed by atoms with van der Waals surface area (Å²) in [5, 5.41) is 60.4. The molecule has 0 amide bonds. The van der Waals surface area contributed by atoms with Crippen molar-refractivity contribution in [2.75, 3.05) is 13.7 Å². The van der Waals surface area contributed by atoms with Crippen LogP contribution in [0.4, 0.5) is 0 Å². The van der Waals surface area contributed by atoms with Crippen molar-refractivity contribution in [3.8, 4) is 16.9 Å². The summed E-state index contributed by atoms with van der Waals surface area (Å²) in [6, 6.07) is 5.89. The molecule has 1 aromatic heterocycles. The number of aliphatic carboxylic acids is 1. The molecule has 1 aliphatic heterocycles. The van der Waals surface area contributed by atoms with E-state index in [1.807, 2.05) is 0 Å². The number of aromatic hydroxyl groups is 1. The van der Waals surface area contributed by atoms with Crippen molar-refractivity contribution in [1.82, 2.24) is 0 Å². The van der Waals surface area contributed by atoms with Crippen LogP contribution < -0.4 is 16.1 Å². The average molecular weight is 563 g/mol. The molecule has 6 unspecified atom stereocenters. The second-order valence-corrected chi connectivity index (χ2v) is 9.38. The second kappa shape index (κ2) is 12.8. The fourth-order valence-electron chi connectivity index (χ4n) is 4.32. The minimum Gasteiger partial charge on any atom is -0.508 e. The molecule has 0 saturated carbocycles. The molecule has 1 fully saturated rings. The zero-order chi connectivity index (χ0) is 29.0. The maximum atomic E-state index is 13.2. The minimum absolute atomic E-state index is 0.0217. The molecule has 1 aliphatic carbocycles. The number of benzene rings is 1. The van der Waals surface area contributed by atoms with Gasteiger partial charge in [-0.1, -0.05) is 17.9 Å². The number of carboxylic acids is 1. The molecule has 7 atom stereocenters. The average Bonchev–Trinajstić information content (AvgIpc) is 3.12. The highest BCUT2D eigenvalue weighted by Crippen LogP contribution is 2.25. The molecular weight excluding hydrogens is 532 g/mol. The van der Waals surface area contributed by atoms with Gasteiger partial charge in [-0.15, -0.1) is 0 Å². The van der Waals surface area contributed by atoms with Crippen LogP contribution in [0.2, 0.25) is 0 Å². The lowest BCUT2D eigenvalue weighted by Crippen LogP contribution is -2.43. The number of carboxylic acid groups (broad SMARTS) is 1. The van der Waals surface area contributed by atoms with Crippen molar-refractivity contribution in [2.24, 2.45) is 0 Å². The van der Waals surface area contributed by atoms with Crippen LogP contribution in [0, 0.1) is 0 Å². The summed E-state index contributed by atoms with van der Waals surface area (Å²) >= 11 is 0. The van der Waals surface area contributed by atoms with Crippen LogP contribution in [-0.4, -0.2) is 93.4 Å². The zero-order valence-corrected chi connectivity index (χ0v) is 21.4. The first kappa shape index (κ1) is 29.5. The van der Waals surface area contributed by atoms with E-state index in [9.17, 15) is 35.1 Å². The Hall–Kier alpha value is -3.52. The standard InChI is InChI=1S/C27H30O13/c1-36-24(10-23(32)33)38-12-22-19(30)9-20(31)26(35)27(40-22)39-16-6-15(29)7-17-21(8-16)37-11-18(25(17)34)13-2-4-14(28)5-3-13/h2-5,8,11,16,19-20,22,24,26-31,35H,6,9-10,12H2,1H3,(H,32,33)/t16?,19?,20?,22?,24?,26?,27-/m1/s1. The number of phenolic OH excluding ortho intramolecular Hbond substituents is 1. The molecule has 0 bridgehead atoms. The third kappa shape index (κ3) is 6.97. The van der Waals surface area contributed by atoms with Gasteiger partial charge in [-0.25, -0.2) is 0 Å².